The Morgan fingerprint density at radius 3 is 2.30 bits per heavy atom. The van der Waals surface area contributed by atoms with E-state index in [0.29, 0.717) is 5.56 Å². The fourth-order valence-electron chi connectivity index (χ4n) is 3.34. The molecular weight excluding hydrogens is 336 g/mol. The summed E-state index contributed by atoms with van der Waals surface area (Å²) in [5.74, 6) is -0.0814. The summed E-state index contributed by atoms with van der Waals surface area (Å²) in [6.07, 6.45) is 0. The predicted octanol–water partition coefficient (Wildman–Crippen LogP) is 3.14. The second kappa shape index (κ2) is 9.02. The van der Waals surface area contributed by atoms with Gasteiger partial charge in [-0.15, -0.1) is 0 Å². The van der Waals surface area contributed by atoms with Crippen LogP contribution in [-0.4, -0.2) is 62.5 Å². The van der Waals surface area contributed by atoms with Crippen LogP contribution in [-0.2, 0) is 6.54 Å². The fourth-order valence-corrected chi connectivity index (χ4v) is 3.34. The van der Waals surface area contributed by atoms with Crippen LogP contribution in [0.1, 0.15) is 22.8 Å². The number of carbonyl (C=O) groups is 1. The largest absolute Gasteiger partial charge is 0.378 e. The van der Waals surface area contributed by atoms with Crippen LogP contribution in [0, 0.1) is 0 Å². The maximum Gasteiger partial charge on any atom is 0.255 e. The highest BCUT2D eigenvalue weighted by Crippen LogP contribution is 2.17. The quantitative estimate of drug-likeness (QED) is 0.852. The van der Waals surface area contributed by atoms with Crippen LogP contribution in [0.4, 0.5) is 11.4 Å². The lowest BCUT2D eigenvalue weighted by molar-refractivity contribution is 0.102. The molecule has 1 heterocycles. The number of nitrogens with one attached hydrogen (secondary N) is 1. The van der Waals surface area contributed by atoms with Crippen molar-refractivity contribution in [1.29, 1.82) is 0 Å². The smallest absolute Gasteiger partial charge is 0.255 e. The first-order valence-electron chi connectivity index (χ1n) is 9.67. The molecule has 2 aromatic rings. The molecule has 0 bridgehead atoms. The third-order valence-corrected chi connectivity index (χ3v) is 5.15. The zero-order valence-corrected chi connectivity index (χ0v) is 16.6. The van der Waals surface area contributed by atoms with Crippen molar-refractivity contribution in [2.24, 2.45) is 0 Å². The molecule has 0 atom stereocenters. The molecule has 5 nitrogen and oxygen atoms in total. The van der Waals surface area contributed by atoms with Gasteiger partial charge in [0.15, 0.2) is 0 Å². The Morgan fingerprint density at radius 2 is 1.67 bits per heavy atom. The summed E-state index contributed by atoms with van der Waals surface area (Å²) >= 11 is 0. The van der Waals surface area contributed by atoms with Gasteiger partial charge in [-0.1, -0.05) is 25.1 Å². The Balaban J connectivity index is 1.56. The summed E-state index contributed by atoms with van der Waals surface area (Å²) in [6.45, 7) is 8.87. The van der Waals surface area contributed by atoms with Crippen molar-refractivity contribution in [3.05, 3.63) is 59.7 Å². The SMILES string of the molecule is CCN1CCN(Cc2ccc(NC(=O)c3cccc(N(C)C)c3)cc2)CC1. The molecule has 1 saturated heterocycles. The van der Waals surface area contributed by atoms with Crippen molar-refractivity contribution in [1.82, 2.24) is 9.80 Å². The highest BCUT2D eigenvalue weighted by molar-refractivity contribution is 6.04. The monoisotopic (exact) mass is 366 g/mol. The molecule has 0 spiro atoms. The van der Waals surface area contributed by atoms with Crippen LogP contribution >= 0.6 is 0 Å². The molecule has 0 aromatic heterocycles. The molecule has 1 N–H and O–H groups in total. The molecule has 27 heavy (non-hydrogen) atoms. The normalized spacial score (nSPS) is 15.5. The van der Waals surface area contributed by atoms with Crippen molar-refractivity contribution in [3.63, 3.8) is 0 Å². The third kappa shape index (κ3) is 5.31. The maximum atomic E-state index is 12.5. The zero-order chi connectivity index (χ0) is 19.2. The first-order chi connectivity index (χ1) is 13.0. The van der Waals surface area contributed by atoms with Crippen molar-refractivity contribution >= 4 is 17.3 Å². The number of rotatable bonds is 6. The molecule has 1 aliphatic rings. The average Bonchev–Trinajstić information content (AvgIpc) is 2.70. The van der Waals surface area contributed by atoms with E-state index < -0.39 is 0 Å². The predicted molar refractivity (Wildman–Crippen MR) is 113 cm³/mol. The molecule has 0 aliphatic carbocycles. The van der Waals surface area contributed by atoms with E-state index >= 15 is 0 Å². The van der Waals surface area contributed by atoms with E-state index in [2.05, 4.69) is 34.2 Å². The summed E-state index contributed by atoms with van der Waals surface area (Å²) < 4.78 is 0. The van der Waals surface area contributed by atoms with Gasteiger partial charge in [-0.3, -0.25) is 9.69 Å². The zero-order valence-electron chi connectivity index (χ0n) is 16.6. The van der Waals surface area contributed by atoms with E-state index in [1.54, 1.807) is 0 Å². The molecule has 3 rings (SSSR count). The van der Waals surface area contributed by atoms with Crippen LogP contribution < -0.4 is 10.2 Å². The minimum atomic E-state index is -0.0814. The van der Waals surface area contributed by atoms with Gasteiger partial charge >= 0.3 is 0 Å². The van der Waals surface area contributed by atoms with Crippen molar-refractivity contribution in [2.75, 3.05) is 57.0 Å². The van der Waals surface area contributed by atoms with E-state index in [9.17, 15) is 4.79 Å². The number of amides is 1. The summed E-state index contributed by atoms with van der Waals surface area (Å²) in [7, 11) is 3.94. The van der Waals surface area contributed by atoms with Crippen LogP contribution in [0.5, 0.6) is 0 Å². The first-order valence-corrected chi connectivity index (χ1v) is 9.67. The molecule has 144 valence electrons. The number of hydrogen-bond donors (Lipinski definition) is 1. The highest BCUT2D eigenvalue weighted by atomic mass is 16.1. The molecule has 1 aliphatic heterocycles. The van der Waals surface area contributed by atoms with Gasteiger partial charge < -0.3 is 15.1 Å². The Bertz CT molecular complexity index is 749. The van der Waals surface area contributed by atoms with Crippen molar-refractivity contribution < 1.29 is 4.79 Å². The topological polar surface area (TPSA) is 38.8 Å². The van der Waals surface area contributed by atoms with E-state index in [1.165, 1.54) is 5.56 Å². The fraction of sp³-hybridized carbons (Fsp3) is 0.409. The lowest BCUT2D eigenvalue weighted by Crippen LogP contribution is -2.45. The molecule has 0 radical (unpaired) electrons. The number of hydrogen-bond acceptors (Lipinski definition) is 4. The second-order valence-electron chi connectivity index (χ2n) is 7.31. The van der Waals surface area contributed by atoms with Crippen molar-refractivity contribution in [2.45, 2.75) is 13.5 Å². The van der Waals surface area contributed by atoms with E-state index in [-0.39, 0.29) is 5.91 Å². The number of benzene rings is 2. The van der Waals surface area contributed by atoms with Gasteiger partial charge in [-0.05, 0) is 42.4 Å². The maximum absolute atomic E-state index is 12.5. The molecule has 2 aromatic carbocycles. The lowest BCUT2D eigenvalue weighted by atomic mass is 10.1. The number of carbonyl (C=O) groups excluding carboxylic acids is 1. The summed E-state index contributed by atoms with van der Waals surface area (Å²) in [4.78, 5) is 19.5. The van der Waals surface area contributed by atoms with Gasteiger partial charge in [0.1, 0.15) is 0 Å². The second-order valence-corrected chi connectivity index (χ2v) is 7.31. The lowest BCUT2D eigenvalue weighted by Gasteiger charge is -2.34. The van der Waals surface area contributed by atoms with Crippen molar-refractivity contribution in [3.8, 4) is 0 Å². The number of piperazine rings is 1. The summed E-state index contributed by atoms with van der Waals surface area (Å²) in [5, 5.41) is 2.99. The van der Waals surface area contributed by atoms with E-state index in [0.717, 1.165) is 50.6 Å². The molecule has 1 fully saturated rings. The average molecular weight is 367 g/mol. The molecule has 0 saturated carbocycles. The summed E-state index contributed by atoms with van der Waals surface area (Å²) in [5.41, 5.74) is 3.79. The minimum Gasteiger partial charge on any atom is -0.378 e. The molecule has 0 unspecified atom stereocenters. The Hall–Kier alpha value is -2.37. The Kier molecular flexibility index (Phi) is 6.48. The van der Waals surface area contributed by atoms with Crippen LogP contribution in [0.25, 0.3) is 0 Å². The number of nitrogens with zero attached hydrogens (tertiary/aromatic N) is 3. The van der Waals surface area contributed by atoms with Crippen LogP contribution in [0.15, 0.2) is 48.5 Å². The molecule has 1 amide bonds. The van der Waals surface area contributed by atoms with Crippen LogP contribution in [0.3, 0.4) is 0 Å². The van der Waals surface area contributed by atoms with Gasteiger partial charge in [0.05, 0.1) is 0 Å². The van der Waals surface area contributed by atoms with Gasteiger partial charge in [0.2, 0.25) is 0 Å². The standard InChI is InChI=1S/C22H30N4O/c1-4-25-12-14-26(15-13-25)17-18-8-10-20(11-9-18)23-22(27)19-6-5-7-21(16-19)24(2)3/h5-11,16H,4,12-15,17H2,1-3H3,(H,23,27). The van der Waals surface area contributed by atoms with Gasteiger partial charge in [-0.25, -0.2) is 0 Å². The van der Waals surface area contributed by atoms with Gasteiger partial charge in [-0.2, -0.15) is 0 Å². The van der Waals surface area contributed by atoms with Gasteiger partial charge in [0.25, 0.3) is 5.91 Å². The Labute approximate surface area is 162 Å². The van der Waals surface area contributed by atoms with E-state index in [4.69, 9.17) is 0 Å². The number of anilines is 2. The molecule has 5 heteroatoms. The van der Waals surface area contributed by atoms with E-state index in [1.807, 2.05) is 55.4 Å². The first kappa shape index (κ1) is 19.4. The minimum absolute atomic E-state index is 0.0814. The highest BCUT2D eigenvalue weighted by Gasteiger charge is 2.15. The third-order valence-electron chi connectivity index (χ3n) is 5.15. The Morgan fingerprint density at radius 1 is 1.00 bits per heavy atom. The molecular formula is C22H30N4O. The summed E-state index contributed by atoms with van der Waals surface area (Å²) in [6, 6.07) is 15.8. The van der Waals surface area contributed by atoms with Gasteiger partial charge in [0, 0.05) is 63.8 Å². The number of likely N-dealkylation sites (N-methyl/N-ethyl adjacent to an activating group) is 1. The van der Waals surface area contributed by atoms with Crippen LogP contribution in [0.2, 0.25) is 0 Å².